The molecule has 5 heteroatoms. The molecular formula is C12H11BrN2O2. The summed E-state index contributed by atoms with van der Waals surface area (Å²) in [6, 6.07) is 8.56. The zero-order valence-corrected chi connectivity index (χ0v) is 10.5. The summed E-state index contributed by atoms with van der Waals surface area (Å²) in [5.41, 5.74) is 1.45. The molecule has 0 aliphatic carbocycles. The van der Waals surface area contributed by atoms with Crippen molar-refractivity contribution in [3.63, 3.8) is 0 Å². The van der Waals surface area contributed by atoms with Gasteiger partial charge in [-0.05, 0) is 34.1 Å². The normalized spacial score (nSPS) is 10.2. The zero-order valence-electron chi connectivity index (χ0n) is 8.89. The summed E-state index contributed by atoms with van der Waals surface area (Å²) in [5.74, 6) is -0.213. The molecule has 0 radical (unpaired) electrons. The van der Waals surface area contributed by atoms with Gasteiger partial charge in [0.05, 0.1) is 5.69 Å². The quantitative estimate of drug-likeness (QED) is 0.602. The lowest BCUT2D eigenvalue weighted by atomic mass is 10.2. The van der Waals surface area contributed by atoms with E-state index in [2.05, 4.69) is 26.2 Å². The number of pyridine rings is 1. The van der Waals surface area contributed by atoms with E-state index in [1.807, 2.05) is 12.1 Å². The van der Waals surface area contributed by atoms with Crippen molar-refractivity contribution in [2.75, 3.05) is 5.32 Å². The molecule has 88 valence electrons. The topological polar surface area (TPSA) is 65.4 Å². The fourth-order valence-corrected chi connectivity index (χ4v) is 1.82. The van der Waals surface area contributed by atoms with Crippen LogP contribution in [0.1, 0.15) is 5.56 Å². The van der Waals surface area contributed by atoms with Crippen LogP contribution in [0.25, 0.3) is 0 Å². The molecule has 0 bridgehead atoms. The van der Waals surface area contributed by atoms with Crippen LogP contribution in [-0.4, -0.2) is 15.2 Å². The fourth-order valence-electron chi connectivity index (χ4n) is 1.43. The highest BCUT2D eigenvalue weighted by Gasteiger charge is 2.06. The van der Waals surface area contributed by atoms with Crippen LogP contribution < -0.4 is 5.32 Å². The van der Waals surface area contributed by atoms with Gasteiger partial charge in [0.1, 0.15) is 4.60 Å². The number of aromatic nitrogens is 1. The summed E-state index contributed by atoms with van der Waals surface area (Å²) in [6.45, 7) is 0.407. The number of benzene rings is 1. The molecule has 0 unspecified atom stereocenters. The summed E-state index contributed by atoms with van der Waals surface area (Å²) in [4.78, 5) is 4.07. The van der Waals surface area contributed by atoms with Gasteiger partial charge in [0.15, 0.2) is 11.5 Å². The molecule has 0 aliphatic rings. The Hall–Kier alpha value is -1.75. The van der Waals surface area contributed by atoms with Crippen molar-refractivity contribution in [2.24, 2.45) is 0 Å². The van der Waals surface area contributed by atoms with Gasteiger partial charge >= 0.3 is 0 Å². The molecule has 4 nitrogen and oxygen atoms in total. The first-order valence-electron chi connectivity index (χ1n) is 5.02. The third kappa shape index (κ3) is 2.68. The van der Waals surface area contributed by atoms with Crippen molar-refractivity contribution in [1.29, 1.82) is 0 Å². The number of halogens is 1. The molecule has 0 saturated heterocycles. The number of nitrogens with one attached hydrogen (secondary N) is 1. The van der Waals surface area contributed by atoms with Crippen LogP contribution in [0.4, 0.5) is 5.69 Å². The third-order valence-corrected chi connectivity index (χ3v) is 2.96. The number of rotatable bonds is 3. The number of phenolic OH excluding ortho intramolecular Hbond substituents is 2. The Labute approximate surface area is 107 Å². The molecule has 2 rings (SSSR count). The van der Waals surface area contributed by atoms with Gasteiger partial charge in [-0.1, -0.05) is 12.1 Å². The van der Waals surface area contributed by atoms with Crippen LogP contribution in [0.2, 0.25) is 0 Å². The van der Waals surface area contributed by atoms with Crippen molar-refractivity contribution >= 4 is 21.6 Å². The van der Waals surface area contributed by atoms with Crippen LogP contribution in [0.15, 0.2) is 41.1 Å². The Morgan fingerprint density at radius 3 is 2.76 bits per heavy atom. The maximum Gasteiger partial charge on any atom is 0.162 e. The van der Waals surface area contributed by atoms with Crippen molar-refractivity contribution in [2.45, 2.75) is 6.54 Å². The SMILES string of the molecule is Oc1cccc(CNc2cccnc2Br)c1O. The smallest absolute Gasteiger partial charge is 0.162 e. The Kier molecular flexibility index (Phi) is 3.49. The largest absolute Gasteiger partial charge is 0.504 e. The molecule has 17 heavy (non-hydrogen) atoms. The first-order chi connectivity index (χ1) is 8.18. The van der Waals surface area contributed by atoms with Gasteiger partial charge in [-0.15, -0.1) is 0 Å². The van der Waals surface area contributed by atoms with E-state index >= 15 is 0 Å². The molecule has 1 aromatic heterocycles. The van der Waals surface area contributed by atoms with E-state index in [0.29, 0.717) is 16.7 Å². The van der Waals surface area contributed by atoms with E-state index in [1.54, 1.807) is 18.3 Å². The summed E-state index contributed by atoms with van der Waals surface area (Å²) in [5, 5.41) is 22.1. The van der Waals surface area contributed by atoms with Gasteiger partial charge in [-0.3, -0.25) is 0 Å². The standard InChI is InChI=1S/C12H11BrN2O2/c13-12-9(4-2-6-14-12)15-7-8-3-1-5-10(16)11(8)17/h1-6,15-17H,7H2. The highest BCUT2D eigenvalue weighted by Crippen LogP contribution is 2.29. The Morgan fingerprint density at radius 2 is 2.00 bits per heavy atom. The van der Waals surface area contributed by atoms with Gasteiger partial charge in [0, 0.05) is 18.3 Å². The maximum atomic E-state index is 9.63. The van der Waals surface area contributed by atoms with Crippen LogP contribution in [-0.2, 0) is 6.54 Å². The summed E-state index contributed by atoms with van der Waals surface area (Å²) in [6.07, 6.45) is 1.68. The van der Waals surface area contributed by atoms with Crippen molar-refractivity contribution in [1.82, 2.24) is 4.98 Å². The number of anilines is 1. The minimum Gasteiger partial charge on any atom is -0.504 e. The zero-order chi connectivity index (χ0) is 12.3. The third-order valence-electron chi connectivity index (χ3n) is 2.33. The Morgan fingerprint density at radius 1 is 1.18 bits per heavy atom. The Bertz CT molecular complexity index is 532. The van der Waals surface area contributed by atoms with Gasteiger partial charge in [0.25, 0.3) is 0 Å². The van der Waals surface area contributed by atoms with Crippen LogP contribution in [0.5, 0.6) is 11.5 Å². The number of para-hydroxylation sites is 1. The van der Waals surface area contributed by atoms with E-state index in [9.17, 15) is 10.2 Å². The molecule has 3 N–H and O–H groups in total. The maximum absolute atomic E-state index is 9.63. The first-order valence-corrected chi connectivity index (χ1v) is 5.82. The van der Waals surface area contributed by atoms with E-state index in [0.717, 1.165) is 5.69 Å². The predicted molar refractivity (Wildman–Crippen MR) is 69.0 cm³/mol. The van der Waals surface area contributed by atoms with Gasteiger partial charge in [-0.25, -0.2) is 4.98 Å². The molecule has 0 atom stereocenters. The average molecular weight is 295 g/mol. The van der Waals surface area contributed by atoms with Crippen molar-refractivity contribution in [3.8, 4) is 11.5 Å². The summed E-state index contributed by atoms with van der Waals surface area (Å²) in [7, 11) is 0. The second-order valence-electron chi connectivity index (χ2n) is 3.48. The average Bonchev–Trinajstić information content (AvgIpc) is 2.33. The molecule has 0 fully saturated rings. The van der Waals surface area contributed by atoms with Crippen LogP contribution in [0, 0.1) is 0 Å². The molecule has 0 amide bonds. The first kappa shape index (κ1) is 11.7. The van der Waals surface area contributed by atoms with Gasteiger partial charge in [0.2, 0.25) is 0 Å². The molecule has 2 aromatic rings. The minimum atomic E-state index is -0.116. The van der Waals surface area contributed by atoms with E-state index in [4.69, 9.17) is 0 Å². The molecular weight excluding hydrogens is 284 g/mol. The number of nitrogens with zero attached hydrogens (tertiary/aromatic N) is 1. The van der Waals surface area contributed by atoms with Crippen LogP contribution >= 0.6 is 15.9 Å². The molecule has 1 aromatic carbocycles. The lowest BCUT2D eigenvalue weighted by molar-refractivity contribution is 0.400. The van der Waals surface area contributed by atoms with Crippen molar-refractivity contribution < 1.29 is 10.2 Å². The van der Waals surface area contributed by atoms with Crippen molar-refractivity contribution in [3.05, 3.63) is 46.7 Å². The number of phenols is 2. The van der Waals surface area contributed by atoms with Gasteiger partial charge in [-0.2, -0.15) is 0 Å². The van der Waals surface area contributed by atoms with E-state index < -0.39 is 0 Å². The molecule has 0 spiro atoms. The van der Waals surface area contributed by atoms with E-state index in [-0.39, 0.29) is 11.5 Å². The molecule has 1 heterocycles. The fraction of sp³-hybridized carbons (Fsp3) is 0.0833. The van der Waals surface area contributed by atoms with Crippen LogP contribution in [0.3, 0.4) is 0 Å². The number of hydrogen-bond donors (Lipinski definition) is 3. The predicted octanol–water partition coefficient (Wildman–Crippen LogP) is 2.87. The number of aromatic hydroxyl groups is 2. The summed E-state index contributed by atoms with van der Waals surface area (Å²) < 4.78 is 0.708. The monoisotopic (exact) mass is 294 g/mol. The highest BCUT2D eigenvalue weighted by atomic mass is 79.9. The second-order valence-corrected chi connectivity index (χ2v) is 4.23. The summed E-state index contributed by atoms with van der Waals surface area (Å²) >= 11 is 3.32. The van der Waals surface area contributed by atoms with Gasteiger partial charge < -0.3 is 15.5 Å². The highest BCUT2D eigenvalue weighted by molar-refractivity contribution is 9.10. The Balaban J connectivity index is 2.13. The number of hydrogen-bond acceptors (Lipinski definition) is 4. The second kappa shape index (κ2) is 5.05. The molecule has 0 aliphatic heterocycles. The lowest BCUT2D eigenvalue weighted by Gasteiger charge is -2.09. The molecule has 0 saturated carbocycles. The van der Waals surface area contributed by atoms with E-state index in [1.165, 1.54) is 6.07 Å². The minimum absolute atomic E-state index is 0.0972. The lowest BCUT2D eigenvalue weighted by Crippen LogP contribution is -2.00.